The van der Waals surface area contributed by atoms with Crippen LogP contribution in [0.3, 0.4) is 0 Å². The van der Waals surface area contributed by atoms with Crippen molar-refractivity contribution in [3.8, 4) is 0 Å². The first-order chi connectivity index (χ1) is 14.7. The predicted molar refractivity (Wildman–Crippen MR) is 116 cm³/mol. The van der Waals surface area contributed by atoms with E-state index in [0.717, 1.165) is 29.9 Å². The molecule has 0 bridgehead atoms. The minimum Gasteiger partial charge on any atom is -0.378 e. The molecule has 3 aromatic heterocycles. The summed E-state index contributed by atoms with van der Waals surface area (Å²) in [5.41, 5.74) is 0.775. The topological polar surface area (TPSA) is 111 Å². The van der Waals surface area contributed by atoms with Crippen molar-refractivity contribution in [1.82, 2.24) is 35.0 Å². The summed E-state index contributed by atoms with van der Waals surface area (Å²) in [7, 11) is 0. The van der Waals surface area contributed by atoms with E-state index in [9.17, 15) is 4.79 Å². The van der Waals surface area contributed by atoms with Crippen LogP contribution in [0.4, 0.5) is 5.82 Å². The minimum absolute atomic E-state index is 0.0719. The molecule has 0 radical (unpaired) electrons. The zero-order valence-corrected chi connectivity index (χ0v) is 18.2. The maximum absolute atomic E-state index is 12.1. The summed E-state index contributed by atoms with van der Waals surface area (Å²) in [6.07, 6.45) is 7.08. The van der Waals surface area contributed by atoms with Gasteiger partial charge in [0.15, 0.2) is 16.0 Å². The molecule has 4 rings (SSSR count). The number of amides is 1. The molecule has 1 fully saturated rings. The minimum atomic E-state index is -0.0719. The van der Waals surface area contributed by atoms with Crippen LogP contribution >= 0.6 is 23.5 Å². The van der Waals surface area contributed by atoms with E-state index in [0.29, 0.717) is 36.6 Å². The molecule has 0 aliphatic carbocycles. The van der Waals surface area contributed by atoms with E-state index in [1.807, 2.05) is 10.9 Å². The van der Waals surface area contributed by atoms with E-state index in [1.165, 1.54) is 23.5 Å². The van der Waals surface area contributed by atoms with Gasteiger partial charge in [-0.2, -0.15) is 5.10 Å². The first-order valence-electron chi connectivity index (χ1n) is 9.51. The molecule has 1 N–H and O–H groups in total. The van der Waals surface area contributed by atoms with Crippen LogP contribution in [0.2, 0.25) is 0 Å². The van der Waals surface area contributed by atoms with Gasteiger partial charge in [0.25, 0.3) is 0 Å². The maximum Gasteiger partial charge on any atom is 0.230 e. The fraction of sp³-hybridized carbons (Fsp3) is 0.444. The molecular formula is C18H22N8O2S2. The summed E-state index contributed by atoms with van der Waals surface area (Å²) in [5, 5.41) is 9.60. The molecule has 3 aromatic rings. The summed E-state index contributed by atoms with van der Waals surface area (Å²) >= 11 is 2.81. The lowest BCUT2D eigenvalue weighted by molar-refractivity contribution is -0.118. The Balaban J connectivity index is 1.40. The predicted octanol–water partition coefficient (Wildman–Crippen LogP) is 1.08. The molecule has 0 unspecified atom stereocenters. The zero-order valence-electron chi connectivity index (χ0n) is 16.5. The Morgan fingerprint density at radius 3 is 2.77 bits per heavy atom. The number of fused-ring (bicyclic) bond motifs is 1. The number of carbonyl (C=O) groups is 1. The van der Waals surface area contributed by atoms with Gasteiger partial charge in [-0.1, -0.05) is 23.5 Å². The molecule has 0 aromatic carbocycles. The van der Waals surface area contributed by atoms with Gasteiger partial charge in [0.2, 0.25) is 5.91 Å². The Morgan fingerprint density at radius 2 is 2.00 bits per heavy atom. The van der Waals surface area contributed by atoms with E-state index < -0.39 is 0 Å². The third kappa shape index (κ3) is 4.99. The number of morpholine rings is 1. The van der Waals surface area contributed by atoms with Crippen LogP contribution < -0.4 is 10.2 Å². The number of nitrogens with zero attached hydrogens (tertiary/aromatic N) is 7. The van der Waals surface area contributed by atoms with Gasteiger partial charge in [0.1, 0.15) is 5.82 Å². The van der Waals surface area contributed by atoms with Crippen LogP contribution in [0.5, 0.6) is 0 Å². The average molecular weight is 447 g/mol. The third-order valence-corrected chi connectivity index (χ3v) is 5.89. The van der Waals surface area contributed by atoms with E-state index in [1.54, 1.807) is 24.7 Å². The highest BCUT2D eigenvalue weighted by Gasteiger charge is 2.20. The van der Waals surface area contributed by atoms with Gasteiger partial charge >= 0.3 is 0 Å². The molecule has 1 saturated heterocycles. The van der Waals surface area contributed by atoms with Crippen molar-refractivity contribution in [2.75, 3.05) is 49.8 Å². The van der Waals surface area contributed by atoms with E-state index in [2.05, 4.69) is 30.3 Å². The van der Waals surface area contributed by atoms with Gasteiger partial charge in [-0.3, -0.25) is 4.79 Å². The second kappa shape index (κ2) is 10.0. The average Bonchev–Trinajstić information content (AvgIpc) is 3.21. The number of aromatic nitrogens is 6. The van der Waals surface area contributed by atoms with E-state index in [4.69, 9.17) is 9.72 Å². The molecule has 0 saturated carbocycles. The highest BCUT2D eigenvalue weighted by molar-refractivity contribution is 7.99. The molecule has 12 heteroatoms. The largest absolute Gasteiger partial charge is 0.378 e. The molecule has 1 aliphatic rings. The van der Waals surface area contributed by atoms with Crippen LogP contribution in [0, 0.1) is 0 Å². The van der Waals surface area contributed by atoms with Crippen LogP contribution in [-0.2, 0) is 16.1 Å². The van der Waals surface area contributed by atoms with Crippen molar-refractivity contribution < 1.29 is 9.53 Å². The lowest BCUT2D eigenvalue weighted by Crippen LogP contribution is -2.37. The first kappa shape index (κ1) is 20.8. The number of thioether (sulfide) groups is 2. The number of ether oxygens (including phenoxy) is 1. The summed E-state index contributed by atoms with van der Waals surface area (Å²) in [6, 6.07) is 1.75. The quantitative estimate of drug-likeness (QED) is 0.399. The Hall–Kier alpha value is -2.44. The molecule has 0 atom stereocenters. The molecule has 30 heavy (non-hydrogen) atoms. The summed E-state index contributed by atoms with van der Waals surface area (Å²) in [6.45, 7) is 3.94. The molecule has 158 valence electrons. The summed E-state index contributed by atoms with van der Waals surface area (Å²) in [5.74, 6) is 1.09. The van der Waals surface area contributed by atoms with Crippen molar-refractivity contribution in [3.63, 3.8) is 0 Å². The van der Waals surface area contributed by atoms with Crippen LogP contribution in [0.25, 0.3) is 11.0 Å². The highest BCUT2D eigenvalue weighted by atomic mass is 32.2. The van der Waals surface area contributed by atoms with Crippen LogP contribution in [0.1, 0.15) is 0 Å². The van der Waals surface area contributed by atoms with Gasteiger partial charge < -0.3 is 15.0 Å². The van der Waals surface area contributed by atoms with E-state index >= 15 is 0 Å². The van der Waals surface area contributed by atoms with Crippen molar-refractivity contribution in [2.24, 2.45) is 0 Å². The summed E-state index contributed by atoms with van der Waals surface area (Å²) < 4.78 is 7.27. The lowest BCUT2D eigenvalue weighted by Gasteiger charge is -2.28. The van der Waals surface area contributed by atoms with Crippen molar-refractivity contribution in [3.05, 3.63) is 24.7 Å². The molecule has 1 amide bonds. The standard InChI is InChI=1S/C18H22N8O2S2/c1-29-18-23-15(25-7-9-28-10-8-25)13-11-22-26(16(13)24-18)6-5-19-14(27)12-30-17-20-3-2-4-21-17/h2-4,11H,5-10,12H2,1H3,(H,19,27). The number of rotatable bonds is 8. The van der Waals surface area contributed by atoms with Crippen molar-refractivity contribution >= 4 is 46.3 Å². The number of hydrogen-bond acceptors (Lipinski definition) is 10. The van der Waals surface area contributed by atoms with Gasteiger partial charge in [0.05, 0.1) is 37.1 Å². The van der Waals surface area contributed by atoms with Crippen molar-refractivity contribution in [1.29, 1.82) is 0 Å². The second-order valence-electron chi connectivity index (χ2n) is 6.41. The van der Waals surface area contributed by atoms with Gasteiger partial charge in [0, 0.05) is 32.0 Å². The Kier molecular flexibility index (Phi) is 6.97. The summed E-state index contributed by atoms with van der Waals surface area (Å²) in [4.78, 5) is 31.9. The smallest absolute Gasteiger partial charge is 0.230 e. The molecule has 10 nitrogen and oxygen atoms in total. The van der Waals surface area contributed by atoms with Crippen molar-refractivity contribution in [2.45, 2.75) is 16.9 Å². The number of carbonyl (C=O) groups excluding carboxylic acids is 1. The fourth-order valence-electron chi connectivity index (χ4n) is 3.03. The van der Waals surface area contributed by atoms with E-state index in [-0.39, 0.29) is 11.7 Å². The Bertz CT molecular complexity index is 995. The lowest BCUT2D eigenvalue weighted by atomic mass is 10.3. The van der Waals surface area contributed by atoms with Gasteiger partial charge in [-0.25, -0.2) is 24.6 Å². The molecular weight excluding hydrogens is 424 g/mol. The zero-order chi connectivity index (χ0) is 20.8. The maximum atomic E-state index is 12.1. The first-order valence-corrected chi connectivity index (χ1v) is 11.7. The molecule has 0 spiro atoms. The fourth-order valence-corrected chi connectivity index (χ4v) is 4.02. The number of nitrogens with one attached hydrogen (secondary N) is 1. The van der Waals surface area contributed by atoms with Crippen LogP contribution in [0.15, 0.2) is 35.0 Å². The highest BCUT2D eigenvalue weighted by Crippen LogP contribution is 2.27. The van der Waals surface area contributed by atoms with Crippen LogP contribution in [-0.4, -0.2) is 80.5 Å². The number of hydrogen-bond donors (Lipinski definition) is 1. The molecule has 4 heterocycles. The SMILES string of the molecule is CSc1nc(N2CCOCC2)c2cnn(CCNC(=O)CSc3ncccn3)c2n1. The number of anilines is 1. The monoisotopic (exact) mass is 446 g/mol. The van der Waals surface area contributed by atoms with Gasteiger partial charge in [-0.05, 0) is 12.3 Å². The normalized spacial score (nSPS) is 14.2. The Morgan fingerprint density at radius 1 is 1.20 bits per heavy atom. The third-order valence-electron chi connectivity index (χ3n) is 4.47. The second-order valence-corrected chi connectivity index (χ2v) is 8.12. The Labute approximate surface area is 182 Å². The van der Waals surface area contributed by atoms with Gasteiger partial charge in [-0.15, -0.1) is 0 Å². The molecule has 1 aliphatic heterocycles.